The van der Waals surface area contributed by atoms with Crippen LogP contribution < -0.4 is 5.32 Å². The highest BCUT2D eigenvalue weighted by Crippen LogP contribution is 2.21. The van der Waals surface area contributed by atoms with E-state index in [1.165, 1.54) is 6.92 Å². The highest BCUT2D eigenvalue weighted by atomic mass is 16.5. The van der Waals surface area contributed by atoms with E-state index in [1.807, 2.05) is 0 Å². The summed E-state index contributed by atoms with van der Waals surface area (Å²) in [5.74, 6) is -6.35. The van der Waals surface area contributed by atoms with Gasteiger partial charge in [-0.1, -0.05) is 6.92 Å². The third-order valence-corrected chi connectivity index (χ3v) is 3.75. The summed E-state index contributed by atoms with van der Waals surface area (Å²) in [6.07, 6.45) is 0.473. The fraction of sp³-hybridized carbons (Fsp3) is 0.714. The Bertz CT molecular complexity index is 455. The van der Waals surface area contributed by atoms with E-state index >= 15 is 0 Å². The van der Waals surface area contributed by atoms with Gasteiger partial charge >= 0.3 is 17.9 Å². The summed E-state index contributed by atoms with van der Waals surface area (Å²) in [5, 5.41) is 11.7. The number of carbonyl (C=O) groups is 4. The molecule has 0 radical (unpaired) electrons. The van der Waals surface area contributed by atoms with Gasteiger partial charge in [-0.2, -0.15) is 0 Å². The molecular weight excluding hydrogens is 310 g/mol. The van der Waals surface area contributed by atoms with Crippen LogP contribution in [0.4, 0.5) is 0 Å². The molecule has 3 atom stereocenters. The number of carbonyl (C=O) groups excluding carboxylic acids is 3. The maximum Gasteiger partial charge on any atom is 0.326 e. The van der Waals surface area contributed by atoms with Crippen LogP contribution in [0.5, 0.6) is 0 Å². The van der Waals surface area contributed by atoms with Crippen molar-refractivity contribution in [3.8, 4) is 0 Å². The summed E-state index contributed by atoms with van der Waals surface area (Å²) in [4.78, 5) is 47.0. The lowest BCUT2D eigenvalue weighted by Gasteiger charge is -2.26. The van der Waals surface area contributed by atoms with Crippen molar-refractivity contribution in [3.05, 3.63) is 0 Å². The summed E-state index contributed by atoms with van der Waals surface area (Å²) >= 11 is 0. The molecule has 2 N–H and O–H groups in total. The second-order valence-corrected chi connectivity index (χ2v) is 5.21. The Morgan fingerprint density at radius 2 is 1.74 bits per heavy atom. The van der Waals surface area contributed by atoms with Gasteiger partial charge in [0, 0.05) is 12.5 Å². The number of hydrogen-bond donors (Lipinski definition) is 2. The predicted molar refractivity (Wildman–Crippen MR) is 75.2 cm³/mol. The zero-order valence-corrected chi connectivity index (χ0v) is 13.2. The number of ether oxygens (including phenoxy) is 3. The van der Waals surface area contributed by atoms with Crippen molar-refractivity contribution >= 4 is 23.8 Å². The van der Waals surface area contributed by atoms with Crippen LogP contribution in [0.3, 0.4) is 0 Å². The van der Waals surface area contributed by atoms with Gasteiger partial charge in [-0.25, -0.2) is 4.79 Å². The molecule has 1 aliphatic heterocycles. The first kappa shape index (κ1) is 18.9. The predicted octanol–water partition coefficient (Wildman–Crippen LogP) is -0.667. The van der Waals surface area contributed by atoms with Crippen molar-refractivity contribution in [2.24, 2.45) is 11.8 Å². The maximum absolute atomic E-state index is 12.0. The molecule has 0 aromatic carbocycles. The van der Waals surface area contributed by atoms with E-state index < -0.39 is 47.8 Å². The van der Waals surface area contributed by atoms with Gasteiger partial charge in [0.25, 0.3) is 0 Å². The summed E-state index contributed by atoms with van der Waals surface area (Å²) in [6.45, 7) is 1.78. The van der Waals surface area contributed by atoms with Crippen LogP contribution in [0.1, 0.15) is 19.8 Å². The topological polar surface area (TPSA) is 128 Å². The molecule has 0 unspecified atom stereocenters. The molecule has 1 heterocycles. The first-order valence-electron chi connectivity index (χ1n) is 7.13. The highest BCUT2D eigenvalue weighted by molar-refractivity contribution is 5.96. The molecule has 1 saturated heterocycles. The first-order valence-corrected chi connectivity index (χ1v) is 7.13. The molecule has 130 valence electrons. The normalized spacial score (nSPS) is 19.7. The molecule has 1 aliphatic rings. The van der Waals surface area contributed by atoms with Crippen LogP contribution in [-0.2, 0) is 33.4 Å². The van der Waals surface area contributed by atoms with Gasteiger partial charge in [-0.3, -0.25) is 14.4 Å². The minimum atomic E-state index is -1.46. The molecule has 0 aliphatic carbocycles. The fourth-order valence-electron chi connectivity index (χ4n) is 2.42. The monoisotopic (exact) mass is 331 g/mol. The molecule has 0 bridgehead atoms. The number of amides is 1. The quantitative estimate of drug-likeness (QED) is 0.464. The Labute approximate surface area is 133 Å². The molecule has 1 fully saturated rings. The number of methoxy groups -OCH3 is 2. The SMILES string of the molecule is COC(=O)C(C(=O)OC)[C@@H](C)[C@@H](NC(=O)[C@H]1CCCO1)C(=O)O. The van der Waals surface area contributed by atoms with Gasteiger partial charge in [0.15, 0.2) is 5.92 Å². The average molecular weight is 331 g/mol. The van der Waals surface area contributed by atoms with Gasteiger partial charge in [0.1, 0.15) is 12.1 Å². The van der Waals surface area contributed by atoms with Crippen molar-refractivity contribution in [2.45, 2.75) is 31.9 Å². The second kappa shape index (κ2) is 8.47. The number of carboxylic acids is 1. The lowest BCUT2D eigenvalue weighted by atomic mass is 9.87. The Balaban J connectivity index is 2.92. The van der Waals surface area contributed by atoms with Gasteiger partial charge in [0.2, 0.25) is 5.91 Å². The first-order chi connectivity index (χ1) is 10.8. The van der Waals surface area contributed by atoms with E-state index in [1.54, 1.807) is 0 Å². The van der Waals surface area contributed by atoms with Crippen LogP contribution in [0, 0.1) is 11.8 Å². The second-order valence-electron chi connectivity index (χ2n) is 5.21. The van der Waals surface area contributed by atoms with Gasteiger partial charge in [0.05, 0.1) is 14.2 Å². The molecule has 9 nitrogen and oxygen atoms in total. The van der Waals surface area contributed by atoms with E-state index in [0.717, 1.165) is 14.2 Å². The van der Waals surface area contributed by atoms with Crippen molar-refractivity contribution in [1.82, 2.24) is 5.32 Å². The molecule has 1 amide bonds. The lowest BCUT2D eigenvalue weighted by Crippen LogP contribution is -2.52. The third kappa shape index (κ3) is 4.65. The van der Waals surface area contributed by atoms with Crippen LogP contribution in [0.15, 0.2) is 0 Å². The van der Waals surface area contributed by atoms with E-state index in [9.17, 15) is 24.3 Å². The Hall–Kier alpha value is -2.16. The Morgan fingerprint density at radius 3 is 2.13 bits per heavy atom. The van der Waals surface area contributed by atoms with Crippen molar-refractivity contribution in [2.75, 3.05) is 20.8 Å². The molecular formula is C14H21NO8. The zero-order chi connectivity index (χ0) is 17.6. The minimum Gasteiger partial charge on any atom is -0.480 e. The smallest absolute Gasteiger partial charge is 0.326 e. The summed E-state index contributed by atoms with van der Waals surface area (Å²) in [5.41, 5.74) is 0. The standard InChI is InChI=1S/C14H21NO8/c1-7(9(13(19)21-2)14(20)22-3)10(12(17)18)15-11(16)8-5-4-6-23-8/h7-10H,4-6H2,1-3H3,(H,15,16)(H,17,18)/t7-,8-,10-/m1/s1. The molecule has 9 heteroatoms. The third-order valence-electron chi connectivity index (χ3n) is 3.75. The van der Waals surface area contributed by atoms with E-state index in [0.29, 0.717) is 19.4 Å². The average Bonchev–Trinajstić information content (AvgIpc) is 3.05. The highest BCUT2D eigenvalue weighted by Gasteiger charge is 2.42. The summed E-state index contributed by atoms with van der Waals surface area (Å²) in [6, 6.07) is -1.46. The molecule has 0 aromatic rings. The van der Waals surface area contributed by atoms with E-state index in [2.05, 4.69) is 14.8 Å². The number of nitrogens with one attached hydrogen (secondary N) is 1. The Morgan fingerprint density at radius 1 is 1.17 bits per heavy atom. The summed E-state index contributed by atoms with van der Waals surface area (Å²) in [7, 11) is 2.15. The zero-order valence-electron chi connectivity index (χ0n) is 13.2. The van der Waals surface area contributed by atoms with Crippen molar-refractivity contribution < 1.29 is 38.5 Å². The summed E-state index contributed by atoms with van der Waals surface area (Å²) < 4.78 is 14.2. The van der Waals surface area contributed by atoms with Crippen LogP contribution in [0.2, 0.25) is 0 Å². The van der Waals surface area contributed by atoms with Crippen molar-refractivity contribution in [1.29, 1.82) is 0 Å². The largest absolute Gasteiger partial charge is 0.480 e. The minimum absolute atomic E-state index is 0.429. The number of rotatable bonds is 7. The lowest BCUT2D eigenvalue weighted by molar-refractivity contribution is -0.163. The molecule has 0 saturated carbocycles. The van der Waals surface area contributed by atoms with Crippen LogP contribution >= 0.6 is 0 Å². The van der Waals surface area contributed by atoms with Gasteiger partial charge in [-0.15, -0.1) is 0 Å². The van der Waals surface area contributed by atoms with E-state index in [4.69, 9.17) is 4.74 Å². The van der Waals surface area contributed by atoms with Gasteiger partial charge < -0.3 is 24.6 Å². The molecule has 0 spiro atoms. The maximum atomic E-state index is 12.0. The van der Waals surface area contributed by atoms with Crippen molar-refractivity contribution in [3.63, 3.8) is 0 Å². The van der Waals surface area contributed by atoms with E-state index in [-0.39, 0.29) is 0 Å². The van der Waals surface area contributed by atoms with Crippen LogP contribution in [-0.4, -0.2) is 61.9 Å². The van der Waals surface area contributed by atoms with Gasteiger partial charge in [-0.05, 0) is 12.8 Å². The fourth-order valence-corrected chi connectivity index (χ4v) is 2.42. The number of carboxylic acid groups (broad SMARTS) is 1. The Kier molecular flexibility index (Phi) is 6.95. The number of hydrogen-bond acceptors (Lipinski definition) is 7. The molecule has 1 rings (SSSR count). The molecule has 23 heavy (non-hydrogen) atoms. The molecule has 0 aromatic heterocycles. The number of esters is 2. The van der Waals surface area contributed by atoms with Crippen LogP contribution in [0.25, 0.3) is 0 Å². The number of aliphatic carboxylic acids is 1.